The normalized spacial score (nSPS) is 34.0. The molecule has 5 heteroatoms. The molecule has 0 amide bonds. The summed E-state index contributed by atoms with van der Waals surface area (Å²) in [6, 6.07) is -0.217. The van der Waals surface area contributed by atoms with Gasteiger partial charge in [0.25, 0.3) is 0 Å². The first-order chi connectivity index (χ1) is 8.29. The van der Waals surface area contributed by atoms with Crippen LogP contribution < -0.4 is 5.32 Å². The van der Waals surface area contributed by atoms with Gasteiger partial charge in [0, 0.05) is 12.0 Å². The number of thiocarbonyl (C=S) groups is 1. The second-order valence-corrected chi connectivity index (χ2v) is 6.50. The molecule has 1 N–H and O–H groups in total. The molecule has 2 atom stereocenters. The van der Waals surface area contributed by atoms with Crippen molar-refractivity contribution < 1.29 is 9.53 Å². The van der Waals surface area contributed by atoms with E-state index in [-0.39, 0.29) is 17.6 Å². The fraction of sp³-hybridized carbons (Fsp3) is 0.846. The zero-order valence-corrected chi connectivity index (χ0v) is 12.4. The first-order valence-corrected chi connectivity index (χ1v) is 7.04. The lowest BCUT2D eigenvalue weighted by Crippen LogP contribution is -2.66. The number of unbranched alkanes of at least 4 members (excludes halogenated alkanes) is 1. The van der Waals surface area contributed by atoms with Crippen LogP contribution in [0.1, 0.15) is 53.4 Å². The third-order valence-corrected chi connectivity index (χ3v) is 3.98. The third kappa shape index (κ3) is 2.20. The van der Waals surface area contributed by atoms with Crippen molar-refractivity contribution in [3.8, 4) is 0 Å². The summed E-state index contributed by atoms with van der Waals surface area (Å²) in [6.07, 6.45) is 3.64. The lowest BCUT2D eigenvalue weighted by Gasteiger charge is -2.48. The minimum atomic E-state index is -0.582. The van der Waals surface area contributed by atoms with Gasteiger partial charge in [0.1, 0.15) is 6.04 Å². The quantitative estimate of drug-likeness (QED) is 0.629. The van der Waals surface area contributed by atoms with E-state index < -0.39 is 5.72 Å². The Morgan fingerprint density at radius 3 is 2.78 bits per heavy atom. The van der Waals surface area contributed by atoms with Gasteiger partial charge in [-0.1, -0.05) is 19.8 Å². The zero-order valence-electron chi connectivity index (χ0n) is 11.6. The molecule has 2 aliphatic heterocycles. The Balaban J connectivity index is 2.25. The van der Waals surface area contributed by atoms with Gasteiger partial charge < -0.3 is 10.1 Å². The molecule has 0 aromatic rings. The van der Waals surface area contributed by atoms with Crippen LogP contribution in [0.15, 0.2) is 0 Å². The standard InChI is InChI=1S/C13H22N2O2S/c1-5-6-7-9-10(16)17-13(4)8-12(2,3)14-11(18)15(9)13/h9H,5-8H2,1-4H3,(H,14,18)/t9-,13-/m0/s1. The highest BCUT2D eigenvalue weighted by atomic mass is 32.1. The summed E-state index contributed by atoms with van der Waals surface area (Å²) in [5.74, 6) is -0.132. The number of nitrogens with one attached hydrogen (secondary N) is 1. The minimum Gasteiger partial charge on any atom is -0.437 e. The number of hydrogen-bond donors (Lipinski definition) is 1. The van der Waals surface area contributed by atoms with E-state index >= 15 is 0 Å². The van der Waals surface area contributed by atoms with E-state index in [1.165, 1.54) is 0 Å². The summed E-state index contributed by atoms with van der Waals surface area (Å²) in [5, 5.41) is 3.94. The van der Waals surface area contributed by atoms with Gasteiger partial charge in [-0.3, -0.25) is 4.90 Å². The second-order valence-electron chi connectivity index (χ2n) is 6.11. The molecule has 0 radical (unpaired) electrons. The van der Waals surface area contributed by atoms with Crippen molar-refractivity contribution >= 4 is 23.3 Å². The summed E-state index contributed by atoms with van der Waals surface area (Å²) in [5.41, 5.74) is -0.719. The number of hydrogen-bond acceptors (Lipinski definition) is 3. The van der Waals surface area contributed by atoms with Gasteiger partial charge in [0.2, 0.25) is 0 Å². The van der Waals surface area contributed by atoms with Crippen LogP contribution in [0.3, 0.4) is 0 Å². The number of rotatable bonds is 3. The van der Waals surface area contributed by atoms with Gasteiger partial charge in [-0.25, -0.2) is 4.79 Å². The van der Waals surface area contributed by atoms with Crippen LogP contribution in [-0.2, 0) is 9.53 Å². The molecule has 0 aromatic carbocycles. The number of carbonyl (C=O) groups is 1. The molecule has 4 nitrogen and oxygen atoms in total. The van der Waals surface area contributed by atoms with Crippen LogP contribution in [0, 0.1) is 0 Å². The molecule has 2 saturated heterocycles. The molecule has 2 heterocycles. The maximum Gasteiger partial charge on any atom is 0.331 e. The van der Waals surface area contributed by atoms with Crippen molar-refractivity contribution in [2.24, 2.45) is 0 Å². The van der Waals surface area contributed by atoms with Gasteiger partial charge in [0.05, 0.1) is 0 Å². The molecule has 0 bridgehead atoms. The summed E-state index contributed by atoms with van der Waals surface area (Å²) < 4.78 is 5.63. The lowest BCUT2D eigenvalue weighted by molar-refractivity contribution is -0.153. The molecule has 2 rings (SSSR count). The van der Waals surface area contributed by atoms with E-state index in [0.29, 0.717) is 5.11 Å². The smallest absolute Gasteiger partial charge is 0.331 e. The SMILES string of the molecule is CCCC[C@H]1C(=O)O[C@@]2(C)CC(C)(C)NC(=S)N12. The Labute approximate surface area is 114 Å². The molecule has 2 fully saturated rings. The van der Waals surface area contributed by atoms with Crippen molar-refractivity contribution in [2.45, 2.75) is 70.7 Å². The van der Waals surface area contributed by atoms with Gasteiger partial charge in [-0.05, 0) is 39.4 Å². The Morgan fingerprint density at radius 1 is 1.50 bits per heavy atom. The van der Waals surface area contributed by atoms with Crippen LogP contribution in [0.4, 0.5) is 0 Å². The molecule has 18 heavy (non-hydrogen) atoms. The predicted octanol–water partition coefficient (Wildman–Crippen LogP) is 2.18. The molecule has 2 aliphatic rings. The first kappa shape index (κ1) is 13.6. The Morgan fingerprint density at radius 2 is 2.17 bits per heavy atom. The molecule has 0 aliphatic carbocycles. The van der Waals surface area contributed by atoms with Crippen LogP contribution in [0.25, 0.3) is 0 Å². The van der Waals surface area contributed by atoms with Crippen molar-refractivity contribution in [1.82, 2.24) is 10.2 Å². The number of nitrogens with zero attached hydrogens (tertiary/aromatic N) is 1. The van der Waals surface area contributed by atoms with Crippen molar-refractivity contribution in [3.05, 3.63) is 0 Å². The highest BCUT2D eigenvalue weighted by Gasteiger charge is 2.56. The molecule has 0 saturated carbocycles. The van der Waals surface area contributed by atoms with Crippen molar-refractivity contribution in [1.29, 1.82) is 0 Å². The minimum absolute atomic E-state index is 0.132. The van der Waals surface area contributed by atoms with Crippen LogP contribution in [-0.4, -0.2) is 33.3 Å². The zero-order chi connectivity index (χ0) is 13.6. The van der Waals surface area contributed by atoms with E-state index in [2.05, 4.69) is 26.1 Å². The van der Waals surface area contributed by atoms with Gasteiger partial charge in [-0.15, -0.1) is 0 Å². The van der Waals surface area contributed by atoms with E-state index in [0.717, 1.165) is 25.7 Å². The maximum absolute atomic E-state index is 12.1. The number of fused-ring (bicyclic) bond motifs is 1. The average molecular weight is 270 g/mol. The van der Waals surface area contributed by atoms with Crippen molar-refractivity contribution in [3.63, 3.8) is 0 Å². The van der Waals surface area contributed by atoms with Gasteiger partial charge >= 0.3 is 5.97 Å². The van der Waals surface area contributed by atoms with Crippen LogP contribution >= 0.6 is 12.2 Å². The molecule has 0 aromatic heterocycles. The van der Waals surface area contributed by atoms with E-state index in [1.807, 2.05) is 11.8 Å². The fourth-order valence-electron chi connectivity index (χ4n) is 3.10. The molecule has 102 valence electrons. The summed E-state index contributed by atoms with van der Waals surface area (Å²) in [6.45, 7) is 8.24. The average Bonchev–Trinajstić information content (AvgIpc) is 2.43. The summed E-state index contributed by atoms with van der Waals surface area (Å²) >= 11 is 5.43. The number of esters is 1. The summed E-state index contributed by atoms with van der Waals surface area (Å²) in [4.78, 5) is 14.0. The number of ether oxygens (including phenoxy) is 1. The Bertz CT molecular complexity index is 383. The van der Waals surface area contributed by atoms with Crippen LogP contribution in [0.2, 0.25) is 0 Å². The molecule has 0 unspecified atom stereocenters. The van der Waals surface area contributed by atoms with E-state index in [9.17, 15) is 4.79 Å². The van der Waals surface area contributed by atoms with Gasteiger partial charge in [0.15, 0.2) is 10.8 Å². The number of carbonyl (C=O) groups excluding carboxylic acids is 1. The topological polar surface area (TPSA) is 41.6 Å². The van der Waals surface area contributed by atoms with Gasteiger partial charge in [-0.2, -0.15) is 0 Å². The fourth-order valence-corrected chi connectivity index (χ4v) is 3.70. The first-order valence-electron chi connectivity index (χ1n) is 6.63. The third-order valence-electron chi connectivity index (χ3n) is 3.68. The lowest BCUT2D eigenvalue weighted by atomic mass is 9.90. The molecule has 0 spiro atoms. The summed E-state index contributed by atoms with van der Waals surface area (Å²) in [7, 11) is 0. The van der Waals surface area contributed by atoms with E-state index in [1.54, 1.807) is 0 Å². The highest BCUT2D eigenvalue weighted by Crippen LogP contribution is 2.40. The predicted molar refractivity (Wildman–Crippen MR) is 74.1 cm³/mol. The van der Waals surface area contributed by atoms with Crippen molar-refractivity contribution in [2.75, 3.05) is 0 Å². The molecular weight excluding hydrogens is 248 g/mol. The highest BCUT2D eigenvalue weighted by molar-refractivity contribution is 7.80. The van der Waals surface area contributed by atoms with E-state index in [4.69, 9.17) is 17.0 Å². The largest absolute Gasteiger partial charge is 0.437 e. The molecular formula is C13H22N2O2S. The van der Waals surface area contributed by atoms with Crippen LogP contribution in [0.5, 0.6) is 0 Å². The Hall–Kier alpha value is -0.840. The Kier molecular flexibility index (Phi) is 3.30. The monoisotopic (exact) mass is 270 g/mol. The second kappa shape index (κ2) is 4.37. The maximum atomic E-state index is 12.1.